The number of carbonyl (C=O) groups excluding carboxylic acids is 2. The molecule has 2 fully saturated rings. The molecule has 0 radical (unpaired) electrons. The van der Waals surface area contributed by atoms with Gasteiger partial charge in [0.1, 0.15) is 11.9 Å². The van der Waals surface area contributed by atoms with Crippen LogP contribution in [0.3, 0.4) is 0 Å². The number of carbonyl (C=O) groups is 2. The van der Waals surface area contributed by atoms with Crippen molar-refractivity contribution in [2.45, 2.75) is 98.1 Å². The van der Waals surface area contributed by atoms with E-state index in [1.807, 2.05) is 25.7 Å². The van der Waals surface area contributed by atoms with Crippen molar-refractivity contribution in [1.29, 1.82) is 0 Å². The van der Waals surface area contributed by atoms with Crippen molar-refractivity contribution >= 4 is 11.8 Å². The molecular weight excluding hydrogens is 448 g/mol. The molecule has 0 bridgehead atoms. The molecule has 1 saturated heterocycles. The molecule has 1 aliphatic carbocycles. The second kappa shape index (κ2) is 11.5. The Labute approximate surface area is 216 Å². The maximum absolute atomic E-state index is 14.1. The van der Waals surface area contributed by atoms with Crippen LogP contribution >= 0.6 is 0 Å². The minimum absolute atomic E-state index is 0.00726. The first-order chi connectivity index (χ1) is 17.3. The van der Waals surface area contributed by atoms with E-state index in [0.29, 0.717) is 6.54 Å². The van der Waals surface area contributed by atoms with E-state index < -0.39 is 6.04 Å². The smallest absolute Gasteiger partial charge is 0.246 e. The highest BCUT2D eigenvalue weighted by Crippen LogP contribution is 2.35. The van der Waals surface area contributed by atoms with Crippen LogP contribution in [-0.4, -0.2) is 39.3 Å². The third-order valence-electron chi connectivity index (χ3n) is 8.00. The highest BCUT2D eigenvalue weighted by molar-refractivity contribution is 5.89. The van der Waals surface area contributed by atoms with Crippen LogP contribution in [0.5, 0.6) is 0 Å². The predicted molar refractivity (Wildman–Crippen MR) is 143 cm³/mol. The molecule has 1 aromatic carbocycles. The van der Waals surface area contributed by atoms with Gasteiger partial charge in [-0.2, -0.15) is 0 Å². The zero-order valence-electron chi connectivity index (χ0n) is 22.6. The number of nitrogens with one attached hydrogen (secondary N) is 1. The standard InChI is InChI=1S/C30H42N4O2/c1-6-21(4)29(35)33-28(23-11-8-7-9-12-23)30(36)34-14-10-13-27(34)26-18-25(31-22(5)32-26)24-16-19(2)15-20(3)17-24/h15-18,21,23,27-28H,6-14H2,1-5H3,(H,33,35). The zero-order valence-corrected chi connectivity index (χ0v) is 22.6. The monoisotopic (exact) mass is 490 g/mol. The summed E-state index contributed by atoms with van der Waals surface area (Å²) in [6.45, 7) is 10.8. The van der Waals surface area contributed by atoms with E-state index in [9.17, 15) is 9.59 Å². The van der Waals surface area contributed by atoms with Gasteiger partial charge in [-0.3, -0.25) is 9.59 Å². The van der Waals surface area contributed by atoms with Gasteiger partial charge in [-0.1, -0.05) is 50.3 Å². The van der Waals surface area contributed by atoms with E-state index in [0.717, 1.165) is 67.7 Å². The van der Waals surface area contributed by atoms with Gasteiger partial charge in [0.05, 0.1) is 17.4 Å². The number of nitrogens with zero attached hydrogens (tertiary/aromatic N) is 3. The highest BCUT2D eigenvalue weighted by atomic mass is 16.2. The van der Waals surface area contributed by atoms with Crippen molar-refractivity contribution in [1.82, 2.24) is 20.2 Å². The minimum Gasteiger partial charge on any atom is -0.344 e. The summed E-state index contributed by atoms with van der Waals surface area (Å²) in [4.78, 5) is 38.5. The Morgan fingerprint density at radius 1 is 0.972 bits per heavy atom. The molecule has 2 aliphatic rings. The Morgan fingerprint density at radius 3 is 2.33 bits per heavy atom. The topological polar surface area (TPSA) is 75.2 Å². The Kier molecular flexibility index (Phi) is 8.43. The molecule has 6 nitrogen and oxygen atoms in total. The van der Waals surface area contributed by atoms with Gasteiger partial charge in [0.2, 0.25) is 11.8 Å². The fraction of sp³-hybridized carbons (Fsp3) is 0.600. The largest absolute Gasteiger partial charge is 0.344 e. The lowest BCUT2D eigenvalue weighted by Gasteiger charge is -2.35. The average molecular weight is 491 g/mol. The molecule has 3 unspecified atom stereocenters. The molecule has 2 heterocycles. The van der Waals surface area contributed by atoms with Gasteiger partial charge in [0.25, 0.3) is 0 Å². The molecule has 2 amide bonds. The first-order valence-electron chi connectivity index (χ1n) is 13.8. The molecule has 36 heavy (non-hydrogen) atoms. The lowest BCUT2D eigenvalue weighted by Crippen LogP contribution is -2.53. The summed E-state index contributed by atoms with van der Waals surface area (Å²) < 4.78 is 0. The van der Waals surface area contributed by atoms with Crippen molar-refractivity contribution in [2.24, 2.45) is 11.8 Å². The van der Waals surface area contributed by atoms with E-state index in [-0.39, 0.29) is 29.7 Å². The predicted octanol–water partition coefficient (Wildman–Crippen LogP) is 5.84. The van der Waals surface area contributed by atoms with Gasteiger partial charge in [-0.15, -0.1) is 0 Å². The SMILES string of the molecule is CCC(C)C(=O)NC(C(=O)N1CCCC1c1cc(-c2cc(C)cc(C)c2)nc(C)n1)C1CCCCC1. The summed E-state index contributed by atoms with van der Waals surface area (Å²) in [7, 11) is 0. The number of amides is 2. The fourth-order valence-electron chi connectivity index (χ4n) is 5.88. The van der Waals surface area contributed by atoms with Crippen LogP contribution in [0.25, 0.3) is 11.3 Å². The summed E-state index contributed by atoms with van der Waals surface area (Å²) in [6, 6.07) is 7.99. The summed E-state index contributed by atoms with van der Waals surface area (Å²) >= 11 is 0. The molecule has 1 aromatic heterocycles. The van der Waals surface area contributed by atoms with Crippen molar-refractivity contribution in [3.05, 3.63) is 46.9 Å². The van der Waals surface area contributed by atoms with Crippen LogP contribution in [0.2, 0.25) is 0 Å². The molecule has 1 saturated carbocycles. The number of hydrogen-bond acceptors (Lipinski definition) is 4. The van der Waals surface area contributed by atoms with Crippen LogP contribution < -0.4 is 5.32 Å². The lowest BCUT2D eigenvalue weighted by atomic mass is 9.83. The number of likely N-dealkylation sites (tertiary alicyclic amines) is 1. The second-order valence-corrected chi connectivity index (χ2v) is 11.0. The molecule has 4 rings (SSSR count). The van der Waals surface area contributed by atoms with E-state index in [4.69, 9.17) is 9.97 Å². The number of hydrogen-bond donors (Lipinski definition) is 1. The van der Waals surface area contributed by atoms with Crippen molar-refractivity contribution in [3.63, 3.8) is 0 Å². The van der Waals surface area contributed by atoms with E-state index in [2.05, 4.69) is 43.4 Å². The van der Waals surface area contributed by atoms with E-state index in [1.54, 1.807) is 0 Å². The molecular formula is C30H42N4O2. The van der Waals surface area contributed by atoms with Gasteiger partial charge in [-0.05, 0) is 77.0 Å². The zero-order chi connectivity index (χ0) is 25.8. The quantitative estimate of drug-likeness (QED) is 0.529. The first-order valence-corrected chi connectivity index (χ1v) is 13.8. The minimum atomic E-state index is -0.450. The van der Waals surface area contributed by atoms with Gasteiger partial charge in [-0.25, -0.2) is 9.97 Å². The number of benzene rings is 1. The van der Waals surface area contributed by atoms with Crippen LogP contribution in [-0.2, 0) is 9.59 Å². The van der Waals surface area contributed by atoms with Crippen molar-refractivity contribution in [2.75, 3.05) is 6.54 Å². The van der Waals surface area contributed by atoms with Crippen LogP contribution in [0.4, 0.5) is 0 Å². The maximum Gasteiger partial charge on any atom is 0.246 e. The average Bonchev–Trinajstić information content (AvgIpc) is 3.36. The van der Waals surface area contributed by atoms with E-state index in [1.165, 1.54) is 17.5 Å². The number of rotatable bonds is 7. The number of aromatic nitrogens is 2. The van der Waals surface area contributed by atoms with Gasteiger partial charge in [0.15, 0.2) is 0 Å². The molecule has 0 spiro atoms. The van der Waals surface area contributed by atoms with Crippen LogP contribution in [0, 0.1) is 32.6 Å². The normalized spacial score (nSPS) is 20.2. The van der Waals surface area contributed by atoms with Gasteiger partial charge < -0.3 is 10.2 Å². The Bertz CT molecular complexity index is 1070. The number of aryl methyl sites for hydroxylation is 3. The van der Waals surface area contributed by atoms with Crippen molar-refractivity contribution in [3.8, 4) is 11.3 Å². The molecule has 3 atom stereocenters. The third-order valence-corrected chi connectivity index (χ3v) is 8.00. The molecule has 1 aliphatic heterocycles. The first kappa shape index (κ1) is 26.3. The van der Waals surface area contributed by atoms with Crippen LogP contribution in [0.15, 0.2) is 24.3 Å². The lowest BCUT2D eigenvalue weighted by molar-refractivity contribution is -0.140. The Balaban J connectivity index is 1.63. The van der Waals surface area contributed by atoms with Gasteiger partial charge >= 0.3 is 0 Å². The Morgan fingerprint density at radius 2 is 1.67 bits per heavy atom. The van der Waals surface area contributed by atoms with E-state index >= 15 is 0 Å². The Hall–Kier alpha value is -2.76. The third kappa shape index (κ3) is 5.96. The molecule has 2 aromatic rings. The molecule has 6 heteroatoms. The molecule has 1 N–H and O–H groups in total. The highest BCUT2D eigenvalue weighted by Gasteiger charge is 2.39. The summed E-state index contributed by atoms with van der Waals surface area (Å²) in [5, 5.41) is 3.18. The summed E-state index contributed by atoms with van der Waals surface area (Å²) in [6.07, 6.45) is 8.05. The summed E-state index contributed by atoms with van der Waals surface area (Å²) in [5.41, 5.74) is 5.28. The summed E-state index contributed by atoms with van der Waals surface area (Å²) in [5.74, 6) is 0.883. The molecule has 194 valence electrons. The maximum atomic E-state index is 14.1. The second-order valence-electron chi connectivity index (χ2n) is 11.0. The van der Waals surface area contributed by atoms with Crippen LogP contribution in [0.1, 0.15) is 93.9 Å². The fourth-order valence-corrected chi connectivity index (χ4v) is 5.88. The van der Waals surface area contributed by atoms with Crippen molar-refractivity contribution < 1.29 is 9.59 Å². The van der Waals surface area contributed by atoms with Gasteiger partial charge in [0, 0.05) is 18.0 Å².